The maximum absolute atomic E-state index is 2.28. The molecule has 0 fully saturated rings. The Kier molecular flexibility index (Phi) is 5.07. The third kappa shape index (κ3) is 3.99. The number of benzene rings is 4. The van der Waals surface area contributed by atoms with Crippen LogP contribution in [0.1, 0.15) is 0 Å². The molecule has 5 aromatic rings. The smallest absolute Gasteiger partial charge is 0.248 e. The van der Waals surface area contributed by atoms with Crippen LogP contribution >= 0.6 is 0 Å². The molecule has 0 unspecified atom stereocenters. The normalized spacial score (nSPS) is 10.7. The predicted molar refractivity (Wildman–Crippen MR) is 127 cm³/mol. The summed E-state index contributed by atoms with van der Waals surface area (Å²) in [5, 5.41) is 0. The lowest BCUT2D eigenvalue weighted by Crippen LogP contribution is -2.23. The van der Waals surface area contributed by atoms with Crippen LogP contribution in [-0.2, 0) is 7.05 Å². The minimum Gasteiger partial charge on any atom is -0.311 e. The fourth-order valence-electron chi connectivity index (χ4n) is 3.83. The molecule has 31 heavy (non-hydrogen) atoms. The fraction of sp³-hybridized carbons (Fsp3) is 0.0357. The molecule has 1 aromatic heterocycles. The largest absolute Gasteiger partial charge is 0.311 e. The molecule has 0 spiro atoms. The van der Waals surface area contributed by atoms with E-state index in [0.717, 1.165) is 22.7 Å². The minimum absolute atomic E-state index is 1.14. The maximum atomic E-state index is 2.28. The molecule has 5 rings (SSSR count). The van der Waals surface area contributed by atoms with Gasteiger partial charge >= 0.3 is 0 Å². The van der Waals surface area contributed by atoms with Gasteiger partial charge in [0, 0.05) is 17.1 Å². The van der Waals surface area contributed by atoms with Crippen molar-refractivity contribution >= 4 is 17.1 Å². The summed E-state index contributed by atoms with van der Waals surface area (Å²) in [6.45, 7) is 0. The molecule has 0 saturated heterocycles. The Morgan fingerprint density at radius 1 is 0.581 bits per heavy atom. The van der Waals surface area contributed by atoms with Gasteiger partial charge in [0.1, 0.15) is 18.1 Å². The van der Waals surface area contributed by atoms with Crippen molar-refractivity contribution in [1.29, 1.82) is 0 Å². The number of imidazole rings is 1. The SMILES string of the molecule is C[n+]1ccn(-c2ccc(-c3ccc(N(c4ccccc4)c4ccccc4)cc3)cc2)c1. The highest BCUT2D eigenvalue weighted by Gasteiger charge is 2.12. The molecule has 0 atom stereocenters. The Morgan fingerprint density at radius 2 is 1.06 bits per heavy atom. The summed E-state index contributed by atoms with van der Waals surface area (Å²) in [4.78, 5) is 2.28. The van der Waals surface area contributed by atoms with Crippen molar-refractivity contribution in [3.8, 4) is 16.8 Å². The summed E-state index contributed by atoms with van der Waals surface area (Å²) in [7, 11) is 2.03. The average molecular weight is 403 g/mol. The summed E-state index contributed by atoms with van der Waals surface area (Å²) in [6, 6.07) is 38.4. The third-order valence-corrected chi connectivity index (χ3v) is 5.42. The Morgan fingerprint density at radius 3 is 1.55 bits per heavy atom. The van der Waals surface area contributed by atoms with Gasteiger partial charge in [-0.15, -0.1) is 0 Å². The van der Waals surface area contributed by atoms with Gasteiger partial charge in [-0.05, 0) is 59.7 Å². The third-order valence-electron chi connectivity index (χ3n) is 5.42. The second-order valence-electron chi connectivity index (χ2n) is 7.59. The second-order valence-corrected chi connectivity index (χ2v) is 7.59. The van der Waals surface area contributed by atoms with Gasteiger partial charge in [0.05, 0.1) is 7.05 Å². The minimum atomic E-state index is 1.14. The van der Waals surface area contributed by atoms with E-state index in [-0.39, 0.29) is 0 Å². The van der Waals surface area contributed by atoms with Crippen molar-refractivity contribution < 1.29 is 4.57 Å². The number of nitrogens with zero attached hydrogens (tertiary/aromatic N) is 3. The molecule has 0 aliphatic carbocycles. The summed E-state index contributed by atoms with van der Waals surface area (Å²) in [6.07, 6.45) is 6.16. The Hall–Kier alpha value is -4.11. The van der Waals surface area contributed by atoms with E-state index in [4.69, 9.17) is 0 Å². The van der Waals surface area contributed by atoms with Gasteiger partial charge in [0.25, 0.3) is 0 Å². The van der Waals surface area contributed by atoms with Crippen molar-refractivity contribution in [3.05, 3.63) is 128 Å². The van der Waals surface area contributed by atoms with Gasteiger partial charge in [0.2, 0.25) is 6.33 Å². The number of aryl methyl sites for hydroxylation is 1. The van der Waals surface area contributed by atoms with Crippen LogP contribution in [0.4, 0.5) is 17.1 Å². The molecule has 0 aliphatic rings. The number of hydrogen-bond donors (Lipinski definition) is 0. The number of anilines is 3. The van der Waals surface area contributed by atoms with Gasteiger partial charge in [-0.2, -0.15) is 0 Å². The molecule has 4 aromatic carbocycles. The van der Waals surface area contributed by atoms with E-state index in [0.29, 0.717) is 0 Å². The highest BCUT2D eigenvalue weighted by Crippen LogP contribution is 2.35. The fourth-order valence-corrected chi connectivity index (χ4v) is 3.83. The Balaban J connectivity index is 1.45. The van der Waals surface area contributed by atoms with Crippen molar-refractivity contribution in [1.82, 2.24) is 4.57 Å². The number of para-hydroxylation sites is 2. The first-order valence-corrected chi connectivity index (χ1v) is 10.4. The molecular formula is C28H24N3+. The highest BCUT2D eigenvalue weighted by atomic mass is 15.1. The molecule has 0 bridgehead atoms. The van der Waals surface area contributed by atoms with Crippen LogP contribution < -0.4 is 9.47 Å². The molecule has 0 N–H and O–H groups in total. The van der Waals surface area contributed by atoms with Crippen molar-refractivity contribution in [2.45, 2.75) is 0 Å². The monoisotopic (exact) mass is 402 g/mol. The second kappa shape index (κ2) is 8.33. The van der Waals surface area contributed by atoms with Crippen LogP contribution in [-0.4, -0.2) is 4.57 Å². The Bertz CT molecular complexity index is 1220. The first-order chi connectivity index (χ1) is 15.3. The Labute approximate surface area is 183 Å². The zero-order valence-corrected chi connectivity index (χ0v) is 17.5. The van der Waals surface area contributed by atoms with Crippen LogP contribution in [0.15, 0.2) is 128 Å². The first-order valence-electron chi connectivity index (χ1n) is 10.4. The van der Waals surface area contributed by atoms with Crippen LogP contribution in [0.25, 0.3) is 16.8 Å². The zero-order valence-electron chi connectivity index (χ0n) is 17.5. The van der Waals surface area contributed by atoms with Gasteiger partial charge in [0.15, 0.2) is 0 Å². The summed E-state index contributed by atoms with van der Waals surface area (Å²) < 4.78 is 4.16. The predicted octanol–water partition coefficient (Wildman–Crippen LogP) is 6.44. The first kappa shape index (κ1) is 18.9. The molecular weight excluding hydrogens is 378 g/mol. The molecule has 150 valence electrons. The molecule has 0 saturated carbocycles. The van der Waals surface area contributed by atoms with Gasteiger partial charge in [-0.3, -0.25) is 0 Å². The van der Waals surface area contributed by atoms with E-state index < -0.39 is 0 Å². The number of hydrogen-bond acceptors (Lipinski definition) is 1. The summed E-state index contributed by atoms with van der Waals surface area (Å²) in [5.74, 6) is 0. The highest BCUT2D eigenvalue weighted by molar-refractivity contribution is 5.78. The van der Waals surface area contributed by atoms with E-state index >= 15 is 0 Å². The van der Waals surface area contributed by atoms with Crippen molar-refractivity contribution in [2.24, 2.45) is 7.05 Å². The zero-order chi connectivity index (χ0) is 21.0. The molecule has 3 heteroatoms. The van der Waals surface area contributed by atoms with Gasteiger partial charge in [-0.1, -0.05) is 60.7 Å². The van der Waals surface area contributed by atoms with Crippen LogP contribution in [0.2, 0.25) is 0 Å². The number of rotatable bonds is 5. The molecule has 0 aliphatic heterocycles. The van der Waals surface area contributed by atoms with E-state index in [1.54, 1.807) is 0 Å². The van der Waals surface area contributed by atoms with E-state index in [9.17, 15) is 0 Å². The van der Waals surface area contributed by atoms with Crippen LogP contribution in [0, 0.1) is 0 Å². The standard InChI is InChI=1S/C28H24N3/c1-29-20-21-30(22-29)25-16-12-23(13-17-25)24-14-18-28(19-15-24)31(26-8-4-2-5-9-26)27-10-6-3-7-11-27/h2-22H,1H3/q+1. The van der Waals surface area contributed by atoms with Gasteiger partial charge < -0.3 is 4.90 Å². The van der Waals surface area contributed by atoms with Crippen molar-refractivity contribution in [2.75, 3.05) is 4.90 Å². The molecule has 3 nitrogen and oxygen atoms in total. The molecule has 0 radical (unpaired) electrons. The van der Waals surface area contributed by atoms with E-state index in [2.05, 4.69) is 119 Å². The van der Waals surface area contributed by atoms with E-state index in [1.807, 2.05) is 29.9 Å². The lowest BCUT2D eigenvalue weighted by molar-refractivity contribution is -0.670. The van der Waals surface area contributed by atoms with E-state index in [1.165, 1.54) is 11.1 Å². The topological polar surface area (TPSA) is 12.0 Å². The van der Waals surface area contributed by atoms with Crippen LogP contribution in [0.3, 0.4) is 0 Å². The quantitative estimate of drug-likeness (QED) is 0.308. The summed E-state index contributed by atoms with van der Waals surface area (Å²) in [5.41, 5.74) is 6.99. The lowest BCUT2D eigenvalue weighted by atomic mass is 10.0. The average Bonchev–Trinajstić information content (AvgIpc) is 3.28. The molecule has 0 amide bonds. The van der Waals surface area contributed by atoms with Gasteiger partial charge in [-0.25, -0.2) is 9.13 Å². The van der Waals surface area contributed by atoms with Crippen LogP contribution in [0.5, 0.6) is 0 Å². The summed E-state index contributed by atoms with van der Waals surface area (Å²) >= 11 is 0. The maximum Gasteiger partial charge on any atom is 0.248 e. The molecule has 1 heterocycles. The number of aromatic nitrogens is 2. The lowest BCUT2D eigenvalue weighted by Gasteiger charge is -2.25. The van der Waals surface area contributed by atoms with Crippen molar-refractivity contribution in [3.63, 3.8) is 0 Å².